The van der Waals surface area contributed by atoms with Crippen molar-refractivity contribution >= 4 is 15.9 Å². The van der Waals surface area contributed by atoms with Gasteiger partial charge in [0.2, 0.25) is 0 Å². The zero-order valence-corrected chi connectivity index (χ0v) is 14.4. The number of nitrogens with one attached hydrogen (secondary N) is 1. The Morgan fingerprint density at radius 2 is 1.80 bits per heavy atom. The van der Waals surface area contributed by atoms with E-state index in [9.17, 15) is 0 Å². The van der Waals surface area contributed by atoms with Crippen LogP contribution in [0.2, 0.25) is 0 Å². The van der Waals surface area contributed by atoms with Gasteiger partial charge in [-0.05, 0) is 45.4 Å². The van der Waals surface area contributed by atoms with Crippen molar-refractivity contribution in [1.29, 1.82) is 0 Å². The Bertz CT molecular complexity index is 597. The van der Waals surface area contributed by atoms with Gasteiger partial charge in [0.05, 0.1) is 5.69 Å². The Kier molecular flexibility index (Phi) is 4.35. The van der Waals surface area contributed by atoms with Crippen molar-refractivity contribution in [2.75, 3.05) is 0 Å². The first-order valence-electron chi connectivity index (χ1n) is 6.81. The first-order valence-corrected chi connectivity index (χ1v) is 7.60. The molecule has 2 rings (SSSR count). The molecule has 0 aliphatic rings. The first kappa shape index (κ1) is 15.3. The van der Waals surface area contributed by atoms with E-state index in [1.807, 2.05) is 11.7 Å². The van der Waals surface area contributed by atoms with Crippen LogP contribution in [0.5, 0.6) is 0 Å². The van der Waals surface area contributed by atoms with E-state index in [2.05, 4.69) is 78.3 Å². The van der Waals surface area contributed by atoms with Crippen molar-refractivity contribution in [2.45, 2.75) is 39.8 Å². The smallest absolute Gasteiger partial charge is 0.0641 e. The van der Waals surface area contributed by atoms with Crippen LogP contribution in [0.1, 0.15) is 36.4 Å². The average Bonchev–Trinajstić information content (AvgIpc) is 2.62. The highest BCUT2D eigenvalue weighted by Crippen LogP contribution is 2.23. The Balaban J connectivity index is 2.14. The first-order chi connectivity index (χ1) is 9.31. The Morgan fingerprint density at radius 3 is 2.30 bits per heavy atom. The van der Waals surface area contributed by atoms with Crippen LogP contribution in [0.4, 0.5) is 0 Å². The fourth-order valence-electron chi connectivity index (χ4n) is 2.35. The molecule has 3 nitrogen and oxygen atoms in total. The molecule has 1 aromatic carbocycles. The third kappa shape index (κ3) is 3.13. The number of aryl methyl sites for hydroxylation is 2. The van der Waals surface area contributed by atoms with E-state index in [0.29, 0.717) is 0 Å². The van der Waals surface area contributed by atoms with E-state index in [0.717, 1.165) is 16.7 Å². The van der Waals surface area contributed by atoms with Crippen LogP contribution in [0.3, 0.4) is 0 Å². The van der Waals surface area contributed by atoms with Gasteiger partial charge in [0.25, 0.3) is 0 Å². The minimum absolute atomic E-state index is 0.0740. The summed E-state index contributed by atoms with van der Waals surface area (Å²) in [7, 11) is 1.99. The lowest BCUT2D eigenvalue weighted by atomic mass is 9.94. The van der Waals surface area contributed by atoms with Gasteiger partial charge in [-0.3, -0.25) is 4.68 Å². The maximum absolute atomic E-state index is 4.47. The number of nitrogens with zero attached hydrogens (tertiary/aromatic N) is 2. The number of aromatic nitrogens is 2. The predicted octanol–water partition coefficient (Wildman–Crippen LogP) is 3.82. The van der Waals surface area contributed by atoms with E-state index < -0.39 is 0 Å². The highest BCUT2D eigenvalue weighted by Gasteiger charge is 2.21. The SMILES string of the molecule is Cc1nn(C)c(C)c1CNC(C)(C)c1ccc(Br)cc1. The molecule has 0 aliphatic carbocycles. The molecular formula is C16H22BrN3. The zero-order valence-electron chi connectivity index (χ0n) is 12.8. The Labute approximate surface area is 129 Å². The predicted molar refractivity (Wildman–Crippen MR) is 86.7 cm³/mol. The third-order valence-corrected chi connectivity index (χ3v) is 4.46. The third-order valence-electron chi connectivity index (χ3n) is 3.93. The monoisotopic (exact) mass is 335 g/mol. The molecule has 0 saturated carbocycles. The molecule has 1 N–H and O–H groups in total. The molecule has 0 unspecified atom stereocenters. The van der Waals surface area contributed by atoms with Gasteiger partial charge in [-0.25, -0.2) is 0 Å². The summed E-state index contributed by atoms with van der Waals surface area (Å²) in [6.07, 6.45) is 0. The van der Waals surface area contributed by atoms with Crippen molar-refractivity contribution in [2.24, 2.45) is 7.05 Å². The summed E-state index contributed by atoms with van der Waals surface area (Å²) in [4.78, 5) is 0. The molecule has 0 amide bonds. The minimum Gasteiger partial charge on any atom is -0.304 e. The second-order valence-electron chi connectivity index (χ2n) is 5.76. The van der Waals surface area contributed by atoms with Gasteiger partial charge in [0.1, 0.15) is 0 Å². The quantitative estimate of drug-likeness (QED) is 0.920. The topological polar surface area (TPSA) is 29.9 Å². The lowest BCUT2D eigenvalue weighted by Gasteiger charge is -2.27. The number of rotatable bonds is 4. The van der Waals surface area contributed by atoms with Gasteiger partial charge in [-0.1, -0.05) is 28.1 Å². The van der Waals surface area contributed by atoms with Crippen molar-refractivity contribution in [3.8, 4) is 0 Å². The minimum atomic E-state index is -0.0740. The molecule has 2 aromatic rings. The van der Waals surface area contributed by atoms with E-state index in [1.54, 1.807) is 0 Å². The van der Waals surface area contributed by atoms with Gasteiger partial charge in [0, 0.05) is 34.9 Å². The fourth-order valence-corrected chi connectivity index (χ4v) is 2.62. The second kappa shape index (κ2) is 5.70. The van der Waals surface area contributed by atoms with E-state index in [4.69, 9.17) is 0 Å². The molecule has 108 valence electrons. The molecule has 20 heavy (non-hydrogen) atoms. The number of hydrogen-bond donors (Lipinski definition) is 1. The number of hydrogen-bond acceptors (Lipinski definition) is 2. The summed E-state index contributed by atoms with van der Waals surface area (Å²) < 4.78 is 3.05. The lowest BCUT2D eigenvalue weighted by molar-refractivity contribution is 0.400. The molecule has 0 spiro atoms. The molecule has 1 heterocycles. The second-order valence-corrected chi connectivity index (χ2v) is 6.67. The van der Waals surface area contributed by atoms with Crippen LogP contribution >= 0.6 is 15.9 Å². The zero-order chi connectivity index (χ0) is 14.9. The normalized spacial score (nSPS) is 11.9. The summed E-state index contributed by atoms with van der Waals surface area (Å²) in [5.41, 5.74) is 4.82. The molecular weight excluding hydrogens is 314 g/mol. The van der Waals surface area contributed by atoms with Crippen molar-refractivity contribution in [3.63, 3.8) is 0 Å². The van der Waals surface area contributed by atoms with Gasteiger partial charge in [0.15, 0.2) is 0 Å². The van der Waals surface area contributed by atoms with Crippen LogP contribution in [-0.4, -0.2) is 9.78 Å². The van der Waals surface area contributed by atoms with E-state index in [1.165, 1.54) is 16.8 Å². The van der Waals surface area contributed by atoms with E-state index >= 15 is 0 Å². The number of benzene rings is 1. The molecule has 0 aliphatic heterocycles. The van der Waals surface area contributed by atoms with Gasteiger partial charge in [-0.15, -0.1) is 0 Å². The summed E-state index contributed by atoms with van der Waals surface area (Å²) in [6, 6.07) is 8.47. The summed E-state index contributed by atoms with van der Waals surface area (Å²) in [6.45, 7) is 9.42. The van der Waals surface area contributed by atoms with Crippen molar-refractivity contribution in [1.82, 2.24) is 15.1 Å². The van der Waals surface area contributed by atoms with Crippen molar-refractivity contribution in [3.05, 3.63) is 51.3 Å². The maximum atomic E-state index is 4.47. The molecule has 0 atom stereocenters. The van der Waals surface area contributed by atoms with Crippen LogP contribution in [0.15, 0.2) is 28.7 Å². The molecule has 0 bridgehead atoms. The molecule has 0 fully saturated rings. The molecule has 0 radical (unpaired) electrons. The summed E-state index contributed by atoms with van der Waals surface area (Å²) in [5, 5.41) is 8.10. The van der Waals surface area contributed by atoms with Crippen LogP contribution < -0.4 is 5.32 Å². The Hall–Kier alpha value is -1.13. The number of halogens is 1. The van der Waals surface area contributed by atoms with Crippen molar-refractivity contribution < 1.29 is 0 Å². The Morgan fingerprint density at radius 1 is 1.20 bits per heavy atom. The lowest BCUT2D eigenvalue weighted by Crippen LogP contribution is -2.36. The maximum Gasteiger partial charge on any atom is 0.0641 e. The molecule has 1 aromatic heterocycles. The van der Waals surface area contributed by atoms with Crippen LogP contribution in [0, 0.1) is 13.8 Å². The molecule has 4 heteroatoms. The van der Waals surface area contributed by atoms with Gasteiger partial charge < -0.3 is 5.32 Å². The summed E-state index contributed by atoms with van der Waals surface area (Å²) >= 11 is 3.48. The average molecular weight is 336 g/mol. The largest absolute Gasteiger partial charge is 0.304 e. The van der Waals surface area contributed by atoms with Gasteiger partial charge >= 0.3 is 0 Å². The summed E-state index contributed by atoms with van der Waals surface area (Å²) in [5.74, 6) is 0. The van der Waals surface area contributed by atoms with Gasteiger partial charge in [-0.2, -0.15) is 5.10 Å². The van der Waals surface area contributed by atoms with Crippen LogP contribution in [-0.2, 0) is 19.1 Å². The fraction of sp³-hybridized carbons (Fsp3) is 0.438. The van der Waals surface area contributed by atoms with E-state index in [-0.39, 0.29) is 5.54 Å². The molecule has 0 saturated heterocycles. The standard InChI is InChI=1S/C16H22BrN3/c1-11-15(12(2)20(5)19-11)10-18-16(3,4)13-6-8-14(17)9-7-13/h6-9,18H,10H2,1-5H3. The highest BCUT2D eigenvalue weighted by molar-refractivity contribution is 9.10. The highest BCUT2D eigenvalue weighted by atomic mass is 79.9. The van der Waals surface area contributed by atoms with Crippen LogP contribution in [0.25, 0.3) is 0 Å².